The summed E-state index contributed by atoms with van der Waals surface area (Å²) in [6.07, 6.45) is 0.815. The summed E-state index contributed by atoms with van der Waals surface area (Å²) in [7, 11) is -3.85. The van der Waals surface area contributed by atoms with E-state index in [2.05, 4.69) is 15.6 Å². The normalized spacial score (nSPS) is 12.5. The SMILES string of the molecule is CCCn1c(S[C@H](C)C(=O)NC(=O)Nc2ccccc2)nc2cc(S(N)(=O)=O)ccc21. The lowest BCUT2D eigenvalue weighted by molar-refractivity contribution is -0.119. The first kappa shape index (κ1) is 22.8. The van der Waals surface area contributed by atoms with Crippen LogP contribution in [0.4, 0.5) is 10.5 Å². The number of benzene rings is 2. The van der Waals surface area contributed by atoms with Gasteiger partial charge in [-0.1, -0.05) is 36.9 Å². The quantitative estimate of drug-likeness (QED) is 0.463. The van der Waals surface area contributed by atoms with Gasteiger partial charge in [0.05, 0.1) is 21.2 Å². The molecular formula is C20H23N5O4S2. The van der Waals surface area contributed by atoms with Crippen LogP contribution in [0, 0.1) is 0 Å². The number of fused-ring (bicyclic) bond motifs is 1. The van der Waals surface area contributed by atoms with Crippen molar-refractivity contribution in [2.75, 3.05) is 5.32 Å². The second-order valence-electron chi connectivity index (χ2n) is 6.81. The number of nitrogens with zero attached hydrogens (tertiary/aromatic N) is 2. The summed E-state index contributed by atoms with van der Waals surface area (Å²) in [4.78, 5) is 29.0. The molecule has 3 aromatic rings. The fourth-order valence-electron chi connectivity index (χ4n) is 2.90. The molecule has 0 spiro atoms. The number of carbonyl (C=O) groups is 2. The van der Waals surface area contributed by atoms with Crippen LogP contribution < -0.4 is 15.8 Å². The average Bonchev–Trinajstić information content (AvgIpc) is 3.04. The van der Waals surface area contributed by atoms with E-state index in [9.17, 15) is 18.0 Å². The van der Waals surface area contributed by atoms with Gasteiger partial charge in [-0.2, -0.15) is 0 Å². The van der Waals surface area contributed by atoms with Crippen molar-refractivity contribution >= 4 is 50.4 Å². The number of aromatic nitrogens is 2. The van der Waals surface area contributed by atoms with Gasteiger partial charge in [-0.15, -0.1) is 0 Å². The zero-order valence-corrected chi connectivity index (χ0v) is 18.7. The van der Waals surface area contributed by atoms with E-state index in [0.717, 1.165) is 11.9 Å². The van der Waals surface area contributed by atoms with E-state index in [1.54, 1.807) is 37.3 Å². The minimum atomic E-state index is -3.85. The zero-order chi connectivity index (χ0) is 22.6. The number of nitrogens with two attached hydrogens (primary N) is 1. The molecule has 0 unspecified atom stereocenters. The Morgan fingerprint density at radius 1 is 1.19 bits per heavy atom. The molecule has 0 fully saturated rings. The summed E-state index contributed by atoms with van der Waals surface area (Å²) in [6, 6.07) is 12.7. The lowest BCUT2D eigenvalue weighted by Gasteiger charge is -2.13. The van der Waals surface area contributed by atoms with Crippen LogP contribution >= 0.6 is 11.8 Å². The number of imide groups is 1. The number of aryl methyl sites for hydroxylation is 1. The molecule has 0 aliphatic carbocycles. The van der Waals surface area contributed by atoms with E-state index >= 15 is 0 Å². The van der Waals surface area contributed by atoms with Crippen molar-refractivity contribution in [1.29, 1.82) is 0 Å². The molecule has 1 aromatic heterocycles. The number of rotatable bonds is 7. The fraction of sp³-hybridized carbons (Fsp3) is 0.250. The molecule has 31 heavy (non-hydrogen) atoms. The molecule has 1 heterocycles. The number of thioether (sulfide) groups is 1. The first-order valence-electron chi connectivity index (χ1n) is 9.55. The van der Waals surface area contributed by atoms with Gasteiger partial charge in [0.15, 0.2) is 5.16 Å². The number of imidazole rings is 1. The lowest BCUT2D eigenvalue weighted by Crippen LogP contribution is -2.38. The third kappa shape index (κ3) is 5.63. The largest absolute Gasteiger partial charge is 0.325 e. The third-order valence-electron chi connectivity index (χ3n) is 4.38. The monoisotopic (exact) mass is 461 g/mol. The Balaban J connectivity index is 1.76. The smallest absolute Gasteiger partial charge is 0.319 e. The average molecular weight is 462 g/mol. The molecule has 3 rings (SSSR count). The summed E-state index contributed by atoms with van der Waals surface area (Å²) >= 11 is 1.18. The van der Waals surface area contributed by atoms with E-state index in [1.165, 1.54) is 23.9 Å². The van der Waals surface area contributed by atoms with Crippen molar-refractivity contribution in [3.63, 3.8) is 0 Å². The maximum Gasteiger partial charge on any atom is 0.325 e. The van der Waals surface area contributed by atoms with Gasteiger partial charge in [-0.3, -0.25) is 10.1 Å². The van der Waals surface area contributed by atoms with Crippen LogP contribution in [0.25, 0.3) is 11.0 Å². The first-order chi connectivity index (χ1) is 14.7. The van der Waals surface area contributed by atoms with E-state index in [1.807, 2.05) is 17.6 Å². The zero-order valence-electron chi connectivity index (χ0n) is 17.0. The van der Waals surface area contributed by atoms with Crippen molar-refractivity contribution in [3.8, 4) is 0 Å². The molecule has 9 nitrogen and oxygen atoms in total. The molecule has 4 N–H and O–H groups in total. The Hall–Kier alpha value is -2.89. The van der Waals surface area contributed by atoms with Gasteiger partial charge in [-0.05, 0) is 43.7 Å². The number of hydrogen-bond donors (Lipinski definition) is 3. The molecule has 0 radical (unpaired) electrons. The standard InChI is InChI=1S/C20H23N5O4S2/c1-3-11-25-17-10-9-15(31(21,28)29)12-16(17)23-20(25)30-13(2)18(26)24-19(27)22-14-7-5-4-6-8-14/h4-10,12-13H,3,11H2,1-2H3,(H2,21,28,29)(H2,22,24,26,27)/t13-/m1/s1. The number of primary sulfonamides is 1. The predicted octanol–water partition coefficient (Wildman–Crippen LogP) is 2.92. The second-order valence-corrected chi connectivity index (χ2v) is 9.68. The predicted molar refractivity (Wildman–Crippen MR) is 120 cm³/mol. The van der Waals surface area contributed by atoms with Gasteiger partial charge >= 0.3 is 6.03 Å². The first-order valence-corrected chi connectivity index (χ1v) is 12.0. The molecule has 2 aromatic carbocycles. The molecule has 0 aliphatic heterocycles. The highest BCUT2D eigenvalue weighted by Gasteiger charge is 2.22. The molecule has 0 aliphatic rings. The van der Waals surface area contributed by atoms with Crippen molar-refractivity contribution in [1.82, 2.24) is 14.9 Å². The van der Waals surface area contributed by atoms with Crippen LogP contribution in [0.3, 0.4) is 0 Å². The Morgan fingerprint density at radius 3 is 2.55 bits per heavy atom. The van der Waals surface area contributed by atoms with E-state index in [0.29, 0.717) is 22.9 Å². The van der Waals surface area contributed by atoms with Crippen LogP contribution in [0.5, 0.6) is 0 Å². The van der Waals surface area contributed by atoms with Crippen molar-refractivity contribution < 1.29 is 18.0 Å². The number of anilines is 1. The van der Waals surface area contributed by atoms with Gasteiger partial charge in [0.2, 0.25) is 15.9 Å². The summed E-state index contributed by atoms with van der Waals surface area (Å²) in [5, 5.41) is 10.1. The lowest BCUT2D eigenvalue weighted by atomic mass is 10.3. The summed E-state index contributed by atoms with van der Waals surface area (Å²) in [5.74, 6) is -0.473. The Kier molecular flexibility index (Phi) is 6.98. The van der Waals surface area contributed by atoms with Gasteiger partial charge in [-0.25, -0.2) is 23.3 Å². The number of amides is 3. The van der Waals surface area contributed by atoms with E-state index in [-0.39, 0.29) is 4.90 Å². The number of sulfonamides is 1. The number of nitrogens with one attached hydrogen (secondary N) is 2. The van der Waals surface area contributed by atoms with Crippen molar-refractivity contribution in [2.24, 2.45) is 5.14 Å². The number of hydrogen-bond acceptors (Lipinski definition) is 6. The minimum Gasteiger partial charge on any atom is -0.319 e. The molecule has 1 atom stereocenters. The minimum absolute atomic E-state index is 0.0268. The molecule has 0 saturated carbocycles. The highest BCUT2D eigenvalue weighted by Crippen LogP contribution is 2.29. The Bertz CT molecular complexity index is 1210. The number of para-hydroxylation sites is 1. The van der Waals surface area contributed by atoms with Crippen LogP contribution in [-0.4, -0.2) is 35.2 Å². The van der Waals surface area contributed by atoms with Crippen molar-refractivity contribution in [2.45, 2.75) is 42.1 Å². The molecular weight excluding hydrogens is 438 g/mol. The Morgan fingerprint density at radius 2 is 1.90 bits per heavy atom. The van der Waals surface area contributed by atoms with Gasteiger partial charge < -0.3 is 9.88 Å². The summed E-state index contributed by atoms with van der Waals surface area (Å²) in [5.41, 5.74) is 1.78. The maximum absolute atomic E-state index is 12.5. The van der Waals surface area contributed by atoms with Crippen LogP contribution in [0.1, 0.15) is 20.3 Å². The summed E-state index contributed by atoms with van der Waals surface area (Å²) < 4.78 is 25.2. The van der Waals surface area contributed by atoms with Gasteiger partial charge in [0.25, 0.3) is 0 Å². The maximum atomic E-state index is 12.5. The molecule has 11 heteroatoms. The highest BCUT2D eigenvalue weighted by molar-refractivity contribution is 8.00. The number of carbonyl (C=O) groups excluding carboxylic acids is 2. The van der Waals surface area contributed by atoms with Crippen LogP contribution in [-0.2, 0) is 21.4 Å². The van der Waals surface area contributed by atoms with E-state index < -0.39 is 27.2 Å². The highest BCUT2D eigenvalue weighted by atomic mass is 32.2. The second kappa shape index (κ2) is 9.50. The molecule has 0 bridgehead atoms. The van der Waals surface area contributed by atoms with Crippen LogP contribution in [0.15, 0.2) is 58.6 Å². The van der Waals surface area contributed by atoms with Gasteiger partial charge in [0.1, 0.15) is 0 Å². The molecule has 164 valence electrons. The molecule has 0 saturated heterocycles. The topological polar surface area (TPSA) is 136 Å². The number of urea groups is 1. The Labute approximate surface area is 184 Å². The van der Waals surface area contributed by atoms with Crippen LogP contribution in [0.2, 0.25) is 0 Å². The fourth-order valence-corrected chi connectivity index (χ4v) is 4.39. The van der Waals surface area contributed by atoms with Crippen molar-refractivity contribution in [3.05, 3.63) is 48.5 Å². The van der Waals surface area contributed by atoms with E-state index in [4.69, 9.17) is 5.14 Å². The third-order valence-corrected chi connectivity index (χ3v) is 6.38. The van der Waals surface area contributed by atoms with Gasteiger partial charge in [0, 0.05) is 12.2 Å². The molecule has 3 amide bonds. The summed E-state index contributed by atoms with van der Waals surface area (Å²) in [6.45, 7) is 4.31.